The van der Waals surface area contributed by atoms with Crippen molar-refractivity contribution in [1.82, 2.24) is 9.97 Å². The van der Waals surface area contributed by atoms with Gasteiger partial charge in [-0.15, -0.1) is 11.3 Å². The number of fused-ring (bicyclic) bond motifs is 1. The Morgan fingerprint density at radius 1 is 1.15 bits per heavy atom. The minimum absolute atomic E-state index is 0.287. The number of carbonyl (C=O) groups is 2. The number of nitrogens with zero attached hydrogens (tertiary/aromatic N) is 2. The van der Waals surface area contributed by atoms with Crippen LogP contribution in [-0.2, 0) is 4.79 Å². The number of benzene rings is 1. The summed E-state index contributed by atoms with van der Waals surface area (Å²) in [5.41, 5.74) is 0.871. The second-order valence-corrected chi connectivity index (χ2v) is 6.83. The fraction of sp³-hybridized carbons (Fsp3) is 0. The first-order valence-electron chi connectivity index (χ1n) is 7.11. The van der Waals surface area contributed by atoms with Crippen LogP contribution in [0.5, 0.6) is 0 Å². The van der Waals surface area contributed by atoms with Gasteiger partial charge in [-0.05, 0) is 24.3 Å². The SMILES string of the molecule is O=C(O)C=Cc1cc2ncnc(NC(=O)Nc3c(Cl)cccc3Cl)c2s1. The van der Waals surface area contributed by atoms with Gasteiger partial charge in [0.25, 0.3) is 0 Å². The number of nitrogens with one attached hydrogen (secondary N) is 2. The Labute approximate surface area is 161 Å². The smallest absolute Gasteiger partial charge is 0.328 e. The second-order valence-electron chi connectivity index (χ2n) is 4.93. The highest BCUT2D eigenvalue weighted by Crippen LogP contribution is 2.32. The number of thiophene rings is 1. The van der Waals surface area contributed by atoms with Crippen molar-refractivity contribution in [3.05, 3.63) is 51.6 Å². The lowest BCUT2D eigenvalue weighted by Crippen LogP contribution is -2.20. The number of amides is 2. The number of para-hydroxylation sites is 1. The van der Waals surface area contributed by atoms with Gasteiger partial charge in [0.05, 0.1) is 25.9 Å². The van der Waals surface area contributed by atoms with E-state index in [1.165, 1.54) is 23.7 Å². The summed E-state index contributed by atoms with van der Waals surface area (Å²) in [5.74, 6) is -0.765. The van der Waals surface area contributed by atoms with Gasteiger partial charge in [0.15, 0.2) is 5.82 Å². The highest BCUT2D eigenvalue weighted by atomic mass is 35.5. The summed E-state index contributed by atoms with van der Waals surface area (Å²) in [4.78, 5) is 31.7. The van der Waals surface area contributed by atoms with Gasteiger partial charge >= 0.3 is 12.0 Å². The quantitative estimate of drug-likeness (QED) is 0.540. The predicted octanol–water partition coefficient (Wildman–Crippen LogP) is 4.74. The summed E-state index contributed by atoms with van der Waals surface area (Å²) >= 11 is 13.3. The summed E-state index contributed by atoms with van der Waals surface area (Å²) in [5, 5.41) is 14.5. The van der Waals surface area contributed by atoms with E-state index in [0.29, 0.717) is 25.1 Å². The van der Waals surface area contributed by atoms with E-state index in [9.17, 15) is 9.59 Å². The van der Waals surface area contributed by atoms with Crippen LogP contribution in [0.15, 0.2) is 36.7 Å². The molecule has 2 aromatic heterocycles. The number of carboxylic acid groups (broad SMARTS) is 1. The molecule has 0 fully saturated rings. The Morgan fingerprint density at radius 2 is 1.88 bits per heavy atom. The van der Waals surface area contributed by atoms with E-state index in [1.807, 2.05) is 0 Å². The van der Waals surface area contributed by atoms with Gasteiger partial charge in [-0.3, -0.25) is 5.32 Å². The number of hydrogen-bond donors (Lipinski definition) is 3. The minimum atomic E-state index is -1.05. The molecule has 0 saturated heterocycles. The maximum absolute atomic E-state index is 12.3. The van der Waals surface area contributed by atoms with Crippen molar-refractivity contribution in [3.63, 3.8) is 0 Å². The van der Waals surface area contributed by atoms with Crippen LogP contribution in [0.4, 0.5) is 16.3 Å². The lowest BCUT2D eigenvalue weighted by atomic mass is 10.3. The van der Waals surface area contributed by atoms with Gasteiger partial charge in [-0.1, -0.05) is 29.3 Å². The number of carbonyl (C=O) groups excluding carboxylic acids is 1. The fourth-order valence-corrected chi connectivity index (χ4v) is 3.52. The van der Waals surface area contributed by atoms with Crippen molar-refractivity contribution in [2.75, 3.05) is 10.6 Å². The van der Waals surface area contributed by atoms with Crippen molar-refractivity contribution in [2.45, 2.75) is 0 Å². The Balaban J connectivity index is 1.84. The normalized spacial score (nSPS) is 11.0. The van der Waals surface area contributed by atoms with Crippen LogP contribution in [0.1, 0.15) is 4.88 Å². The second kappa shape index (κ2) is 7.69. The number of hydrogen-bond acceptors (Lipinski definition) is 5. The summed E-state index contributed by atoms with van der Waals surface area (Å²) in [6.45, 7) is 0. The molecule has 3 N–H and O–H groups in total. The Hall–Kier alpha value is -2.68. The number of anilines is 2. The molecule has 0 aliphatic carbocycles. The molecule has 10 heteroatoms. The largest absolute Gasteiger partial charge is 0.478 e. The number of halogens is 2. The predicted molar refractivity (Wildman–Crippen MR) is 103 cm³/mol. The molecule has 0 saturated carbocycles. The molecule has 1 aromatic carbocycles. The third-order valence-electron chi connectivity index (χ3n) is 3.15. The molecule has 0 radical (unpaired) electrons. The average molecular weight is 409 g/mol. The molecule has 0 aliphatic rings. The van der Waals surface area contributed by atoms with Crippen LogP contribution >= 0.6 is 34.5 Å². The summed E-state index contributed by atoms with van der Waals surface area (Å²) < 4.78 is 0.609. The zero-order valence-electron chi connectivity index (χ0n) is 12.9. The first-order valence-corrected chi connectivity index (χ1v) is 8.69. The van der Waals surface area contributed by atoms with Gasteiger partial charge in [0.1, 0.15) is 6.33 Å². The van der Waals surface area contributed by atoms with Crippen molar-refractivity contribution < 1.29 is 14.7 Å². The van der Waals surface area contributed by atoms with Crippen LogP contribution in [0.25, 0.3) is 16.3 Å². The molecule has 26 heavy (non-hydrogen) atoms. The number of rotatable bonds is 4. The van der Waals surface area contributed by atoms with Gasteiger partial charge < -0.3 is 10.4 Å². The Kier molecular flexibility index (Phi) is 5.36. The third kappa shape index (κ3) is 4.10. The number of urea groups is 1. The minimum Gasteiger partial charge on any atom is -0.478 e. The van der Waals surface area contributed by atoms with E-state index < -0.39 is 12.0 Å². The topological polar surface area (TPSA) is 104 Å². The summed E-state index contributed by atoms with van der Waals surface area (Å²) in [6, 6.07) is 6.00. The number of aromatic nitrogens is 2. The molecule has 0 bridgehead atoms. The monoisotopic (exact) mass is 408 g/mol. The lowest BCUT2D eigenvalue weighted by molar-refractivity contribution is -0.131. The molecule has 2 amide bonds. The molecule has 0 atom stereocenters. The standard InChI is InChI=1S/C16H10Cl2N4O3S/c17-9-2-1-3-10(18)13(9)21-16(25)22-15-14-11(19-7-20-15)6-8(26-14)4-5-12(23)24/h1-7H,(H,23,24)(H2,19,20,21,22,25). The van der Waals surface area contributed by atoms with Gasteiger partial charge in [0, 0.05) is 11.0 Å². The van der Waals surface area contributed by atoms with Crippen LogP contribution in [0, 0.1) is 0 Å². The fourth-order valence-electron chi connectivity index (χ4n) is 2.07. The van der Waals surface area contributed by atoms with Gasteiger partial charge in [0.2, 0.25) is 0 Å². The van der Waals surface area contributed by atoms with Gasteiger partial charge in [-0.2, -0.15) is 0 Å². The van der Waals surface area contributed by atoms with Crippen LogP contribution < -0.4 is 10.6 Å². The first-order chi connectivity index (χ1) is 12.4. The molecule has 7 nitrogen and oxygen atoms in total. The zero-order chi connectivity index (χ0) is 18.7. The first kappa shape index (κ1) is 18.1. The maximum Gasteiger partial charge on any atom is 0.328 e. The van der Waals surface area contributed by atoms with E-state index in [2.05, 4.69) is 20.6 Å². The van der Waals surface area contributed by atoms with E-state index in [-0.39, 0.29) is 11.5 Å². The van der Waals surface area contributed by atoms with Crippen molar-refractivity contribution in [2.24, 2.45) is 0 Å². The molecule has 3 aromatic rings. The van der Waals surface area contributed by atoms with E-state index in [0.717, 1.165) is 6.08 Å². The zero-order valence-corrected chi connectivity index (χ0v) is 15.2. The highest BCUT2D eigenvalue weighted by molar-refractivity contribution is 7.20. The third-order valence-corrected chi connectivity index (χ3v) is 4.88. The van der Waals surface area contributed by atoms with E-state index in [1.54, 1.807) is 24.3 Å². The molecule has 0 unspecified atom stereocenters. The van der Waals surface area contributed by atoms with Crippen LogP contribution in [-0.4, -0.2) is 27.1 Å². The Morgan fingerprint density at radius 3 is 2.58 bits per heavy atom. The molecule has 0 spiro atoms. The van der Waals surface area contributed by atoms with Crippen LogP contribution in [0.3, 0.4) is 0 Å². The molecule has 0 aliphatic heterocycles. The number of carboxylic acids is 1. The maximum atomic E-state index is 12.3. The molecule has 132 valence electrons. The van der Waals surface area contributed by atoms with E-state index in [4.69, 9.17) is 28.3 Å². The number of aliphatic carboxylic acids is 1. The summed E-state index contributed by atoms with van der Waals surface area (Å²) in [6.07, 6.45) is 3.78. The van der Waals surface area contributed by atoms with E-state index >= 15 is 0 Å². The highest BCUT2D eigenvalue weighted by Gasteiger charge is 2.13. The molecule has 2 heterocycles. The lowest BCUT2D eigenvalue weighted by Gasteiger charge is -2.10. The van der Waals surface area contributed by atoms with Crippen molar-refractivity contribution in [3.8, 4) is 0 Å². The summed E-state index contributed by atoms with van der Waals surface area (Å²) in [7, 11) is 0. The Bertz CT molecular complexity index is 1020. The molecule has 3 rings (SSSR count). The van der Waals surface area contributed by atoms with Gasteiger partial charge in [-0.25, -0.2) is 19.6 Å². The average Bonchev–Trinajstić information content (AvgIpc) is 3.01. The van der Waals surface area contributed by atoms with Crippen LogP contribution in [0.2, 0.25) is 10.0 Å². The molecular formula is C16H10Cl2N4O3S. The van der Waals surface area contributed by atoms with Crippen molar-refractivity contribution in [1.29, 1.82) is 0 Å². The molecular weight excluding hydrogens is 399 g/mol. The van der Waals surface area contributed by atoms with Crippen molar-refractivity contribution >= 4 is 74.3 Å².